The number of phenols is 3. The minimum atomic E-state index is -0.0671. The molecule has 0 heterocycles. The molecule has 0 aliphatic carbocycles. The second-order valence-electron chi connectivity index (χ2n) is 4.49. The van der Waals surface area contributed by atoms with E-state index in [1.807, 2.05) is 0 Å². The quantitative estimate of drug-likeness (QED) is 0.609. The summed E-state index contributed by atoms with van der Waals surface area (Å²) < 4.78 is 0. The minimum Gasteiger partial charge on any atom is -0.507 e. The molecule has 0 saturated heterocycles. The maximum absolute atomic E-state index is 10.2. The molecule has 3 aromatic carbocycles. The maximum atomic E-state index is 10.2. The monoisotopic (exact) mass is 280 g/mol. The van der Waals surface area contributed by atoms with E-state index in [0.717, 1.165) is 0 Å². The van der Waals surface area contributed by atoms with E-state index >= 15 is 0 Å². The van der Waals surface area contributed by atoms with Crippen LogP contribution in [0, 0.1) is 0 Å². The summed E-state index contributed by atoms with van der Waals surface area (Å²) in [5, 5.41) is 38.4. The number of para-hydroxylation sites is 1. The number of benzene rings is 3. The molecule has 0 aromatic heterocycles. The van der Waals surface area contributed by atoms with Crippen LogP contribution in [0.1, 0.15) is 0 Å². The molecular weight excluding hydrogens is 268 g/mol. The molecule has 104 valence electrons. The number of azo groups is 1. The van der Waals surface area contributed by atoms with Gasteiger partial charge in [0.25, 0.3) is 0 Å². The van der Waals surface area contributed by atoms with E-state index in [9.17, 15) is 15.3 Å². The molecule has 5 nitrogen and oxygen atoms in total. The van der Waals surface area contributed by atoms with Crippen LogP contribution in [0.25, 0.3) is 10.8 Å². The van der Waals surface area contributed by atoms with Crippen LogP contribution in [0.4, 0.5) is 11.4 Å². The van der Waals surface area contributed by atoms with Crippen molar-refractivity contribution < 1.29 is 15.3 Å². The van der Waals surface area contributed by atoms with Gasteiger partial charge in [0.15, 0.2) is 5.75 Å². The van der Waals surface area contributed by atoms with Crippen molar-refractivity contribution in [3.63, 3.8) is 0 Å². The molecule has 0 fully saturated rings. The lowest BCUT2D eigenvalue weighted by molar-refractivity contribution is 0.475. The van der Waals surface area contributed by atoms with Crippen molar-refractivity contribution in [1.82, 2.24) is 0 Å². The van der Waals surface area contributed by atoms with Crippen LogP contribution in [0.15, 0.2) is 64.8 Å². The Morgan fingerprint density at radius 1 is 0.571 bits per heavy atom. The third kappa shape index (κ3) is 2.36. The second kappa shape index (κ2) is 5.13. The predicted molar refractivity (Wildman–Crippen MR) is 79.6 cm³/mol. The highest BCUT2D eigenvalue weighted by Gasteiger charge is 2.08. The molecule has 3 aromatic rings. The van der Waals surface area contributed by atoms with Crippen molar-refractivity contribution in [1.29, 1.82) is 0 Å². The van der Waals surface area contributed by atoms with Crippen LogP contribution in [-0.4, -0.2) is 15.3 Å². The number of rotatable bonds is 2. The molecule has 0 spiro atoms. The van der Waals surface area contributed by atoms with Gasteiger partial charge in [-0.2, -0.15) is 0 Å². The Hall–Kier alpha value is -3.08. The molecule has 0 atom stereocenters. The summed E-state index contributed by atoms with van der Waals surface area (Å²) in [4.78, 5) is 0. The van der Waals surface area contributed by atoms with Gasteiger partial charge in [0.05, 0.1) is 0 Å². The standard InChI is InChI=1S/C16H12N2O3/c19-14-7-3-4-11-10(14)8-9-13(16(11)21)18-17-12-5-1-2-6-15(12)20/h1-9,19-21H/b18-17+. The highest BCUT2D eigenvalue weighted by molar-refractivity contribution is 5.96. The van der Waals surface area contributed by atoms with Gasteiger partial charge in [0, 0.05) is 10.8 Å². The number of nitrogens with zero attached hydrogens (tertiary/aromatic N) is 2. The first-order valence-corrected chi connectivity index (χ1v) is 6.30. The van der Waals surface area contributed by atoms with Crippen molar-refractivity contribution in [2.75, 3.05) is 0 Å². The van der Waals surface area contributed by atoms with Gasteiger partial charge in [-0.05, 0) is 30.3 Å². The number of aromatic hydroxyl groups is 3. The van der Waals surface area contributed by atoms with Crippen LogP contribution in [-0.2, 0) is 0 Å². The van der Waals surface area contributed by atoms with Gasteiger partial charge in [0.1, 0.15) is 22.9 Å². The van der Waals surface area contributed by atoms with Gasteiger partial charge in [-0.15, -0.1) is 10.2 Å². The summed E-state index contributed by atoms with van der Waals surface area (Å²) in [7, 11) is 0. The first-order chi connectivity index (χ1) is 10.2. The molecule has 0 bridgehead atoms. The Bertz CT molecular complexity index is 844. The molecular formula is C16H12N2O3. The summed E-state index contributed by atoms with van der Waals surface area (Å²) in [6.45, 7) is 0. The molecule has 0 unspecified atom stereocenters. The average molecular weight is 280 g/mol. The lowest BCUT2D eigenvalue weighted by Gasteiger charge is -2.05. The fourth-order valence-corrected chi connectivity index (χ4v) is 2.05. The van der Waals surface area contributed by atoms with Crippen LogP contribution in [0.5, 0.6) is 17.2 Å². The Kier molecular flexibility index (Phi) is 3.16. The Balaban J connectivity index is 2.06. The zero-order valence-corrected chi connectivity index (χ0v) is 10.9. The zero-order chi connectivity index (χ0) is 14.8. The summed E-state index contributed by atoms with van der Waals surface area (Å²) in [5.41, 5.74) is 0.573. The second-order valence-corrected chi connectivity index (χ2v) is 4.49. The molecule has 0 saturated carbocycles. The van der Waals surface area contributed by atoms with Gasteiger partial charge in [-0.3, -0.25) is 0 Å². The third-order valence-electron chi connectivity index (χ3n) is 3.14. The van der Waals surface area contributed by atoms with Gasteiger partial charge in [-0.25, -0.2) is 0 Å². The Labute approximate surface area is 120 Å². The fraction of sp³-hybridized carbons (Fsp3) is 0. The minimum absolute atomic E-state index is 0.0131. The molecule has 5 heteroatoms. The molecule has 3 N–H and O–H groups in total. The Morgan fingerprint density at radius 2 is 1.29 bits per heavy atom. The maximum Gasteiger partial charge on any atom is 0.151 e. The van der Waals surface area contributed by atoms with Crippen molar-refractivity contribution in [2.45, 2.75) is 0 Å². The highest BCUT2D eigenvalue weighted by Crippen LogP contribution is 2.39. The molecule has 0 amide bonds. The van der Waals surface area contributed by atoms with E-state index in [2.05, 4.69) is 10.2 Å². The van der Waals surface area contributed by atoms with Crippen LogP contribution in [0.2, 0.25) is 0 Å². The number of fused-ring (bicyclic) bond motifs is 1. The van der Waals surface area contributed by atoms with Gasteiger partial charge >= 0.3 is 0 Å². The van der Waals surface area contributed by atoms with E-state index in [4.69, 9.17) is 0 Å². The molecule has 3 rings (SSSR count). The normalized spacial score (nSPS) is 11.2. The Morgan fingerprint density at radius 3 is 2.10 bits per heavy atom. The summed E-state index contributed by atoms with van der Waals surface area (Å²) >= 11 is 0. The summed E-state index contributed by atoms with van der Waals surface area (Å²) in [5.74, 6) is 0.0359. The summed E-state index contributed by atoms with van der Waals surface area (Å²) in [6, 6.07) is 14.6. The SMILES string of the molecule is Oc1ccccc1/N=N/c1ccc2c(O)cccc2c1O. The van der Waals surface area contributed by atoms with Crippen molar-refractivity contribution in [3.05, 3.63) is 54.6 Å². The number of hydrogen-bond donors (Lipinski definition) is 3. The number of hydrogen-bond acceptors (Lipinski definition) is 5. The van der Waals surface area contributed by atoms with Crippen LogP contribution >= 0.6 is 0 Å². The van der Waals surface area contributed by atoms with Crippen molar-refractivity contribution >= 4 is 22.1 Å². The topological polar surface area (TPSA) is 85.4 Å². The van der Waals surface area contributed by atoms with Crippen molar-refractivity contribution in [2.24, 2.45) is 10.2 Å². The fourth-order valence-electron chi connectivity index (χ4n) is 2.05. The van der Waals surface area contributed by atoms with Crippen LogP contribution in [0.3, 0.4) is 0 Å². The van der Waals surface area contributed by atoms with Gasteiger partial charge in [0.2, 0.25) is 0 Å². The van der Waals surface area contributed by atoms with E-state index < -0.39 is 0 Å². The van der Waals surface area contributed by atoms with E-state index in [-0.39, 0.29) is 22.9 Å². The van der Waals surface area contributed by atoms with E-state index in [0.29, 0.717) is 16.5 Å². The molecule has 0 radical (unpaired) electrons. The highest BCUT2D eigenvalue weighted by atomic mass is 16.3. The third-order valence-corrected chi connectivity index (χ3v) is 3.14. The summed E-state index contributed by atoms with van der Waals surface area (Å²) in [6.07, 6.45) is 0. The lowest BCUT2D eigenvalue weighted by Crippen LogP contribution is -1.76. The lowest BCUT2D eigenvalue weighted by atomic mass is 10.1. The zero-order valence-electron chi connectivity index (χ0n) is 10.9. The van der Waals surface area contributed by atoms with E-state index in [1.165, 1.54) is 6.07 Å². The van der Waals surface area contributed by atoms with E-state index in [1.54, 1.807) is 48.5 Å². The first-order valence-electron chi connectivity index (χ1n) is 6.30. The van der Waals surface area contributed by atoms with Crippen LogP contribution < -0.4 is 0 Å². The molecule has 21 heavy (non-hydrogen) atoms. The largest absolute Gasteiger partial charge is 0.507 e. The average Bonchev–Trinajstić information content (AvgIpc) is 2.49. The molecule has 0 aliphatic rings. The number of phenolic OH excluding ortho intramolecular Hbond substituents is 3. The van der Waals surface area contributed by atoms with Crippen molar-refractivity contribution in [3.8, 4) is 17.2 Å². The first kappa shape index (κ1) is 12.9. The smallest absolute Gasteiger partial charge is 0.151 e. The molecule has 0 aliphatic heterocycles. The van der Waals surface area contributed by atoms with Gasteiger partial charge in [-0.1, -0.05) is 24.3 Å². The predicted octanol–water partition coefficient (Wildman–Crippen LogP) is 4.37. The van der Waals surface area contributed by atoms with Gasteiger partial charge < -0.3 is 15.3 Å².